The van der Waals surface area contributed by atoms with E-state index in [1.165, 1.54) is 31.4 Å². The molecule has 1 atom stereocenters. The molecule has 1 unspecified atom stereocenters. The lowest BCUT2D eigenvalue weighted by molar-refractivity contribution is -0.151. The fourth-order valence-corrected chi connectivity index (χ4v) is 2.12. The molecule has 5 nitrogen and oxygen atoms in total. The molecule has 0 aromatic heterocycles. The fourth-order valence-electron chi connectivity index (χ4n) is 1.89. The highest BCUT2D eigenvalue weighted by Crippen LogP contribution is 2.27. The maximum Gasteiger partial charge on any atom is 0.352 e. The van der Waals surface area contributed by atoms with E-state index in [9.17, 15) is 9.59 Å². The van der Waals surface area contributed by atoms with E-state index in [4.69, 9.17) is 21.6 Å². The predicted octanol–water partition coefficient (Wildman–Crippen LogP) is 3.28. The summed E-state index contributed by atoms with van der Waals surface area (Å²) in [5.41, 5.74) is 0.963. The first-order chi connectivity index (χ1) is 11.1. The molecule has 2 aromatic carbocycles. The van der Waals surface area contributed by atoms with Gasteiger partial charge in [-0.05, 0) is 30.3 Å². The average Bonchev–Trinajstić information content (AvgIpc) is 2.59. The fraction of sp³-hybridized carbons (Fsp3) is 0.118. The van der Waals surface area contributed by atoms with E-state index >= 15 is 0 Å². The molecule has 0 heterocycles. The Morgan fingerprint density at radius 3 is 2.35 bits per heavy atom. The second-order valence-electron chi connectivity index (χ2n) is 4.52. The number of nitrogens with zero attached hydrogens (tertiary/aromatic N) is 1. The number of benzene rings is 2. The van der Waals surface area contributed by atoms with E-state index < -0.39 is 18.0 Å². The van der Waals surface area contributed by atoms with Crippen molar-refractivity contribution in [1.29, 1.82) is 5.26 Å². The van der Waals surface area contributed by atoms with E-state index in [-0.39, 0.29) is 10.6 Å². The lowest BCUT2D eigenvalue weighted by Crippen LogP contribution is -2.21. The Kier molecular flexibility index (Phi) is 5.34. The van der Waals surface area contributed by atoms with Crippen molar-refractivity contribution in [2.24, 2.45) is 0 Å². The molecule has 0 aliphatic heterocycles. The largest absolute Gasteiger partial charge is 0.466 e. The van der Waals surface area contributed by atoms with Crippen LogP contribution in [0.15, 0.2) is 48.5 Å². The highest BCUT2D eigenvalue weighted by Gasteiger charge is 2.28. The van der Waals surface area contributed by atoms with Gasteiger partial charge in [0.1, 0.15) is 0 Å². The zero-order valence-corrected chi connectivity index (χ0v) is 12.9. The molecule has 6 heteroatoms. The third kappa shape index (κ3) is 3.87. The van der Waals surface area contributed by atoms with Gasteiger partial charge in [-0.15, -0.1) is 0 Å². The van der Waals surface area contributed by atoms with Crippen molar-refractivity contribution in [3.8, 4) is 6.07 Å². The summed E-state index contributed by atoms with van der Waals surface area (Å²) in [7, 11) is 1.20. The summed E-state index contributed by atoms with van der Waals surface area (Å²) >= 11 is 6.05. The van der Waals surface area contributed by atoms with Crippen molar-refractivity contribution in [2.75, 3.05) is 7.11 Å². The molecule has 0 saturated heterocycles. The van der Waals surface area contributed by atoms with Crippen molar-refractivity contribution >= 4 is 23.5 Å². The highest BCUT2D eigenvalue weighted by atomic mass is 35.5. The zero-order valence-electron chi connectivity index (χ0n) is 12.2. The number of carbonyl (C=O) groups is 2. The Hall–Kier alpha value is -2.84. The third-order valence-electron chi connectivity index (χ3n) is 3.08. The Morgan fingerprint density at radius 2 is 1.78 bits per heavy atom. The zero-order chi connectivity index (χ0) is 16.8. The van der Waals surface area contributed by atoms with Crippen LogP contribution in [0.4, 0.5) is 0 Å². The van der Waals surface area contributed by atoms with Crippen molar-refractivity contribution in [3.63, 3.8) is 0 Å². The molecule has 0 fully saturated rings. The first-order valence-electron chi connectivity index (χ1n) is 6.60. The van der Waals surface area contributed by atoms with Crippen LogP contribution < -0.4 is 0 Å². The van der Waals surface area contributed by atoms with E-state index in [1.807, 2.05) is 6.07 Å². The van der Waals surface area contributed by atoms with Crippen molar-refractivity contribution in [2.45, 2.75) is 6.10 Å². The maximum absolute atomic E-state index is 12.2. The average molecular weight is 330 g/mol. The van der Waals surface area contributed by atoms with Crippen LogP contribution in [-0.4, -0.2) is 19.0 Å². The van der Waals surface area contributed by atoms with Crippen LogP contribution in [0.3, 0.4) is 0 Å². The van der Waals surface area contributed by atoms with Crippen molar-refractivity contribution in [3.05, 3.63) is 70.2 Å². The van der Waals surface area contributed by atoms with Crippen LogP contribution in [0.2, 0.25) is 5.02 Å². The van der Waals surface area contributed by atoms with Crippen LogP contribution >= 0.6 is 11.6 Å². The summed E-state index contributed by atoms with van der Waals surface area (Å²) in [4.78, 5) is 24.1. The van der Waals surface area contributed by atoms with E-state index in [0.29, 0.717) is 11.1 Å². The van der Waals surface area contributed by atoms with Gasteiger partial charge in [0.25, 0.3) is 0 Å². The lowest BCUT2D eigenvalue weighted by atomic mass is 10.1. The minimum absolute atomic E-state index is 0.213. The standard InChI is InChI=1S/C17H12ClNO4/c1-22-17(21)15(13-4-2-3-5-14(13)18)23-16(20)12-8-6-11(10-19)7-9-12/h2-9,15H,1H3. The van der Waals surface area contributed by atoms with Crippen LogP contribution in [-0.2, 0) is 14.3 Å². The number of ether oxygens (including phenoxy) is 2. The number of halogens is 1. The van der Waals surface area contributed by atoms with Crippen LogP contribution in [0, 0.1) is 11.3 Å². The maximum atomic E-state index is 12.2. The first kappa shape index (κ1) is 16.5. The van der Waals surface area contributed by atoms with E-state index in [1.54, 1.807) is 24.3 Å². The molecule has 0 bridgehead atoms. The van der Waals surface area contributed by atoms with Gasteiger partial charge in [0.05, 0.1) is 24.3 Å². The van der Waals surface area contributed by atoms with Crippen LogP contribution in [0.1, 0.15) is 27.6 Å². The van der Waals surface area contributed by atoms with Gasteiger partial charge in [0.2, 0.25) is 6.10 Å². The van der Waals surface area contributed by atoms with Gasteiger partial charge in [-0.3, -0.25) is 0 Å². The number of hydrogen-bond acceptors (Lipinski definition) is 5. The molecule has 2 rings (SSSR count). The Balaban J connectivity index is 2.27. The van der Waals surface area contributed by atoms with Gasteiger partial charge in [0, 0.05) is 10.6 Å². The molecule has 0 saturated carbocycles. The number of methoxy groups -OCH3 is 1. The molecule has 0 spiro atoms. The molecule has 0 radical (unpaired) electrons. The van der Waals surface area contributed by atoms with Gasteiger partial charge < -0.3 is 9.47 Å². The number of hydrogen-bond donors (Lipinski definition) is 0. The van der Waals surface area contributed by atoms with Gasteiger partial charge in [-0.25, -0.2) is 9.59 Å². The number of nitriles is 1. The second kappa shape index (κ2) is 7.43. The number of esters is 2. The summed E-state index contributed by atoms with van der Waals surface area (Å²) in [6, 6.07) is 14.3. The highest BCUT2D eigenvalue weighted by molar-refractivity contribution is 6.31. The Labute approximate surface area is 138 Å². The molecule has 0 aliphatic rings. The molecule has 116 valence electrons. The van der Waals surface area contributed by atoms with Crippen molar-refractivity contribution < 1.29 is 19.1 Å². The molecular weight excluding hydrogens is 318 g/mol. The molecule has 0 aliphatic carbocycles. The minimum Gasteiger partial charge on any atom is -0.466 e. The normalized spacial score (nSPS) is 11.2. The topological polar surface area (TPSA) is 76.4 Å². The van der Waals surface area contributed by atoms with Gasteiger partial charge >= 0.3 is 11.9 Å². The summed E-state index contributed by atoms with van der Waals surface area (Å²) in [5.74, 6) is -1.45. The molecular formula is C17H12ClNO4. The third-order valence-corrected chi connectivity index (χ3v) is 3.42. The first-order valence-corrected chi connectivity index (χ1v) is 6.98. The molecule has 0 N–H and O–H groups in total. The Morgan fingerprint density at radius 1 is 1.13 bits per heavy atom. The van der Waals surface area contributed by atoms with Gasteiger partial charge in [-0.1, -0.05) is 29.8 Å². The van der Waals surface area contributed by atoms with Gasteiger partial charge in [0.15, 0.2) is 0 Å². The molecule has 23 heavy (non-hydrogen) atoms. The monoisotopic (exact) mass is 329 g/mol. The van der Waals surface area contributed by atoms with Crippen LogP contribution in [0.5, 0.6) is 0 Å². The lowest BCUT2D eigenvalue weighted by Gasteiger charge is -2.17. The predicted molar refractivity (Wildman–Crippen MR) is 82.8 cm³/mol. The summed E-state index contributed by atoms with van der Waals surface area (Å²) in [6.45, 7) is 0. The smallest absolute Gasteiger partial charge is 0.352 e. The van der Waals surface area contributed by atoms with E-state index in [0.717, 1.165) is 0 Å². The summed E-state index contributed by atoms with van der Waals surface area (Å²) in [5, 5.41) is 9.04. The number of carbonyl (C=O) groups excluding carboxylic acids is 2. The van der Waals surface area contributed by atoms with Crippen molar-refractivity contribution in [1.82, 2.24) is 0 Å². The second-order valence-corrected chi connectivity index (χ2v) is 4.93. The minimum atomic E-state index is -1.27. The Bertz CT molecular complexity index is 765. The van der Waals surface area contributed by atoms with E-state index in [2.05, 4.69) is 4.74 Å². The summed E-state index contributed by atoms with van der Waals surface area (Å²) in [6.07, 6.45) is -1.27. The van der Waals surface area contributed by atoms with Crippen LogP contribution in [0.25, 0.3) is 0 Å². The number of rotatable bonds is 4. The quantitative estimate of drug-likeness (QED) is 0.804. The summed E-state index contributed by atoms with van der Waals surface area (Å²) < 4.78 is 9.93. The van der Waals surface area contributed by atoms with Gasteiger partial charge in [-0.2, -0.15) is 5.26 Å². The molecule has 0 amide bonds. The molecule has 2 aromatic rings. The SMILES string of the molecule is COC(=O)C(OC(=O)c1ccc(C#N)cc1)c1ccccc1Cl.